The number of aromatic nitrogens is 1. The second kappa shape index (κ2) is 7.74. The zero-order valence-corrected chi connectivity index (χ0v) is 15.4. The van der Waals surface area contributed by atoms with E-state index in [4.69, 9.17) is 14.2 Å². The number of rotatable bonds is 4. The molecular formula is C21H20N2O5. The highest BCUT2D eigenvalue weighted by Crippen LogP contribution is 2.21. The van der Waals surface area contributed by atoms with Gasteiger partial charge in [-0.3, -0.25) is 4.79 Å². The molecule has 3 aromatic rings. The lowest BCUT2D eigenvalue weighted by Gasteiger charge is -2.28. The maximum Gasteiger partial charge on any atom is 0.360 e. The van der Waals surface area contributed by atoms with Gasteiger partial charge >= 0.3 is 5.97 Å². The Labute approximate surface area is 161 Å². The standard InChI is InChI=1S/C21H20N2O5/c1-26-16-6-7-18-17(12-16)20(24)13-19(22-18)21(25)28-15-4-2-14(3-5-15)23-8-10-27-11-9-23/h2-7,12-13H,8-11H2,1H3,(H,22,24). The first-order valence-electron chi connectivity index (χ1n) is 9.00. The van der Waals surface area contributed by atoms with Crippen molar-refractivity contribution >= 4 is 22.6 Å². The lowest BCUT2D eigenvalue weighted by molar-refractivity contribution is 0.0729. The Bertz CT molecular complexity index is 1050. The van der Waals surface area contributed by atoms with Gasteiger partial charge in [-0.05, 0) is 42.5 Å². The molecule has 1 fully saturated rings. The van der Waals surface area contributed by atoms with Crippen LogP contribution in [-0.2, 0) is 4.74 Å². The fourth-order valence-corrected chi connectivity index (χ4v) is 3.17. The number of nitrogens with one attached hydrogen (secondary N) is 1. The second-order valence-corrected chi connectivity index (χ2v) is 6.44. The van der Waals surface area contributed by atoms with Crippen LogP contribution >= 0.6 is 0 Å². The van der Waals surface area contributed by atoms with Gasteiger partial charge < -0.3 is 24.1 Å². The smallest absolute Gasteiger partial charge is 0.360 e. The molecule has 1 aliphatic heterocycles. The molecule has 0 saturated carbocycles. The molecule has 0 radical (unpaired) electrons. The van der Waals surface area contributed by atoms with Gasteiger partial charge in [-0.25, -0.2) is 4.79 Å². The number of carbonyl (C=O) groups is 1. The minimum atomic E-state index is -0.617. The Balaban J connectivity index is 1.52. The fourth-order valence-electron chi connectivity index (χ4n) is 3.17. The lowest BCUT2D eigenvalue weighted by Crippen LogP contribution is -2.36. The molecule has 144 valence electrons. The number of H-pyrrole nitrogens is 1. The number of aromatic amines is 1. The van der Waals surface area contributed by atoms with E-state index in [2.05, 4.69) is 9.88 Å². The zero-order chi connectivity index (χ0) is 19.5. The summed E-state index contributed by atoms with van der Waals surface area (Å²) >= 11 is 0. The highest BCUT2D eigenvalue weighted by molar-refractivity contribution is 5.92. The average Bonchev–Trinajstić information content (AvgIpc) is 2.74. The molecule has 4 rings (SSSR count). The number of esters is 1. The van der Waals surface area contributed by atoms with Crippen LogP contribution in [-0.4, -0.2) is 44.4 Å². The van der Waals surface area contributed by atoms with Crippen LogP contribution in [0, 0.1) is 0 Å². The Morgan fingerprint density at radius 2 is 1.75 bits per heavy atom. The van der Waals surface area contributed by atoms with Gasteiger partial charge in [0.25, 0.3) is 0 Å². The third-order valence-electron chi connectivity index (χ3n) is 4.68. The van der Waals surface area contributed by atoms with Gasteiger partial charge in [0.05, 0.1) is 25.8 Å². The number of hydrogen-bond donors (Lipinski definition) is 1. The van der Waals surface area contributed by atoms with Crippen LogP contribution in [0.15, 0.2) is 53.3 Å². The molecule has 0 atom stereocenters. The molecule has 1 N–H and O–H groups in total. The van der Waals surface area contributed by atoms with E-state index in [0.29, 0.717) is 35.6 Å². The predicted molar refractivity (Wildman–Crippen MR) is 106 cm³/mol. The van der Waals surface area contributed by atoms with Crippen LogP contribution in [0.25, 0.3) is 10.9 Å². The molecule has 2 heterocycles. The molecular weight excluding hydrogens is 360 g/mol. The monoisotopic (exact) mass is 380 g/mol. The highest BCUT2D eigenvalue weighted by Gasteiger charge is 2.14. The van der Waals surface area contributed by atoms with E-state index in [1.165, 1.54) is 13.2 Å². The van der Waals surface area contributed by atoms with E-state index in [0.717, 1.165) is 18.8 Å². The fraction of sp³-hybridized carbons (Fsp3) is 0.238. The summed E-state index contributed by atoms with van der Waals surface area (Å²) in [6.45, 7) is 3.08. The van der Waals surface area contributed by atoms with Crippen LogP contribution < -0.4 is 19.8 Å². The molecule has 0 unspecified atom stereocenters. The maximum atomic E-state index is 12.5. The van der Waals surface area contributed by atoms with Gasteiger partial charge in [0, 0.05) is 30.2 Å². The maximum absolute atomic E-state index is 12.5. The average molecular weight is 380 g/mol. The SMILES string of the molecule is COc1ccc2[nH]c(C(=O)Oc3ccc(N4CCOCC4)cc3)cc(=O)c2c1. The van der Waals surface area contributed by atoms with Crippen molar-refractivity contribution in [2.24, 2.45) is 0 Å². The molecule has 2 aromatic carbocycles. The van der Waals surface area contributed by atoms with E-state index in [9.17, 15) is 9.59 Å². The summed E-state index contributed by atoms with van der Waals surface area (Å²) in [6, 6.07) is 13.6. The number of nitrogens with zero attached hydrogens (tertiary/aromatic N) is 1. The number of carbonyl (C=O) groups excluding carboxylic acids is 1. The number of hydrogen-bond acceptors (Lipinski definition) is 6. The molecule has 0 amide bonds. The molecule has 0 spiro atoms. The Kier molecular flexibility index (Phi) is 4.99. The van der Waals surface area contributed by atoms with Crippen molar-refractivity contribution in [1.82, 2.24) is 4.98 Å². The Morgan fingerprint density at radius 1 is 1.04 bits per heavy atom. The number of fused-ring (bicyclic) bond motifs is 1. The first-order valence-corrected chi connectivity index (χ1v) is 9.00. The quantitative estimate of drug-likeness (QED) is 0.554. The number of pyridine rings is 1. The van der Waals surface area contributed by atoms with Crippen LogP contribution in [0.4, 0.5) is 5.69 Å². The minimum Gasteiger partial charge on any atom is -0.497 e. The summed E-state index contributed by atoms with van der Waals surface area (Å²) in [5, 5.41) is 0.450. The summed E-state index contributed by atoms with van der Waals surface area (Å²) in [4.78, 5) is 30.0. The summed E-state index contributed by atoms with van der Waals surface area (Å²) in [5.74, 6) is 0.375. The van der Waals surface area contributed by atoms with Gasteiger partial charge in [-0.15, -0.1) is 0 Å². The van der Waals surface area contributed by atoms with Crippen LogP contribution in [0.2, 0.25) is 0 Å². The third-order valence-corrected chi connectivity index (χ3v) is 4.68. The van der Waals surface area contributed by atoms with Crippen molar-refractivity contribution in [3.8, 4) is 11.5 Å². The topological polar surface area (TPSA) is 80.9 Å². The van der Waals surface area contributed by atoms with E-state index in [1.54, 1.807) is 30.3 Å². The van der Waals surface area contributed by atoms with E-state index < -0.39 is 5.97 Å². The number of methoxy groups -OCH3 is 1. The highest BCUT2D eigenvalue weighted by atomic mass is 16.5. The third kappa shape index (κ3) is 3.70. The van der Waals surface area contributed by atoms with Crippen molar-refractivity contribution in [3.05, 3.63) is 64.4 Å². The number of benzene rings is 2. The minimum absolute atomic E-state index is 0.0972. The summed E-state index contributed by atoms with van der Waals surface area (Å²) < 4.78 is 15.9. The molecule has 0 aliphatic carbocycles. The number of anilines is 1. The molecule has 1 saturated heterocycles. The predicted octanol–water partition coefficient (Wildman–Crippen LogP) is 2.59. The molecule has 28 heavy (non-hydrogen) atoms. The molecule has 7 heteroatoms. The molecule has 7 nitrogen and oxygen atoms in total. The van der Waals surface area contributed by atoms with E-state index in [-0.39, 0.29) is 11.1 Å². The van der Waals surface area contributed by atoms with E-state index >= 15 is 0 Å². The van der Waals surface area contributed by atoms with Crippen molar-refractivity contribution in [3.63, 3.8) is 0 Å². The summed E-state index contributed by atoms with van der Waals surface area (Å²) in [6.07, 6.45) is 0. The van der Waals surface area contributed by atoms with Crippen molar-refractivity contribution < 1.29 is 19.0 Å². The van der Waals surface area contributed by atoms with Gasteiger partial charge in [0.2, 0.25) is 0 Å². The first kappa shape index (κ1) is 18.1. The summed E-state index contributed by atoms with van der Waals surface area (Å²) in [5.41, 5.74) is 1.42. The Morgan fingerprint density at radius 3 is 2.46 bits per heavy atom. The molecule has 1 aliphatic rings. The number of ether oxygens (including phenoxy) is 3. The second-order valence-electron chi connectivity index (χ2n) is 6.44. The van der Waals surface area contributed by atoms with Gasteiger partial charge in [-0.1, -0.05) is 0 Å². The Hall–Kier alpha value is -3.32. The molecule has 0 bridgehead atoms. The van der Waals surface area contributed by atoms with Gasteiger partial charge in [-0.2, -0.15) is 0 Å². The normalized spacial score (nSPS) is 14.1. The molecule has 1 aromatic heterocycles. The van der Waals surface area contributed by atoms with Crippen molar-refractivity contribution in [1.29, 1.82) is 0 Å². The van der Waals surface area contributed by atoms with Crippen molar-refractivity contribution in [2.75, 3.05) is 38.3 Å². The van der Waals surface area contributed by atoms with E-state index in [1.807, 2.05) is 12.1 Å². The van der Waals surface area contributed by atoms with Crippen LogP contribution in [0.1, 0.15) is 10.5 Å². The van der Waals surface area contributed by atoms with Gasteiger partial charge in [0.15, 0.2) is 5.43 Å². The summed E-state index contributed by atoms with van der Waals surface area (Å²) in [7, 11) is 1.53. The lowest BCUT2D eigenvalue weighted by atomic mass is 10.2. The zero-order valence-electron chi connectivity index (χ0n) is 15.4. The van der Waals surface area contributed by atoms with Crippen LogP contribution in [0.3, 0.4) is 0 Å². The van der Waals surface area contributed by atoms with Gasteiger partial charge in [0.1, 0.15) is 17.2 Å². The van der Waals surface area contributed by atoms with Crippen molar-refractivity contribution in [2.45, 2.75) is 0 Å². The largest absolute Gasteiger partial charge is 0.497 e. The first-order chi connectivity index (χ1) is 13.6. The van der Waals surface area contributed by atoms with Crippen LogP contribution in [0.5, 0.6) is 11.5 Å². The number of morpholine rings is 1.